The minimum Gasteiger partial charge on any atom is -0.497 e. The molecule has 0 N–H and O–H groups in total. The molecular formula is C33H34N6O4S2. The first-order chi connectivity index (χ1) is 21.9. The Kier molecular flexibility index (Phi) is 9.15. The number of para-hydroxylation sites is 2. The highest BCUT2D eigenvalue weighted by Gasteiger charge is 2.36. The number of hydrogen-bond donors (Lipinski definition) is 0. The van der Waals surface area contributed by atoms with E-state index in [4.69, 9.17) is 4.74 Å². The summed E-state index contributed by atoms with van der Waals surface area (Å²) in [5, 5.41) is 10.5. The summed E-state index contributed by atoms with van der Waals surface area (Å²) in [6.45, 7) is 2.78. The van der Waals surface area contributed by atoms with Crippen LogP contribution in [-0.2, 0) is 14.8 Å². The van der Waals surface area contributed by atoms with Crippen LogP contribution in [0.1, 0.15) is 19.8 Å². The quantitative estimate of drug-likeness (QED) is 0.149. The number of sulfonamides is 1. The highest BCUT2D eigenvalue weighted by Crippen LogP contribution is 2.31. The third-order valence-electron chi connectivity index (χ3n) is 7.84. The zero-order valence-electron chi connectivity index (χ0n) is 25.1. The number of carbonyl (C=O) groups excluding carboxylic acids is 1. The van der Waals surface area contributed by atoms with Gasteiger partial charge in [-0.15, -0.1) is 10.2 Å². The number of pyridine rings is 1. The van der Waals surface area contributed by atoms with Crippen molar-refractivity contribution in [2.45, 2.75) is 35.9 Å². The van der Waals surface area contributed by atoms with Crippen LogP contribution in [0.5, 0.6) is 5.75 Å². The summed E-state index contributed by atoms with van der Waals surface area (Å²) in [4.78, 5) is 19.5. The number of benzene rings is 3. The van der Waals surface area contributed by atoms with Crippen LogP contribution in [0.15, 0.2) is 101 Å². The van der Waals surface area contributed by atoms with Crippen LogP contribution in [0.3, 0.4) is 0 Å². The Morgan fingerprint density at radius 1 is 0.978 bits per heavy atom. The summed E-state index contributed by atoms with van der Waals surface area (Å²) in [5.74, 6) is 2.14. The molecule has 1 atom stereocenters. The number of fused-ring (bicyclic) bond motifs is 1. The maximum absolute atomic E-state index is 13.6. The molecule has 3 heterocycles. The van der Waals surface area contributed by atoms with Crippen molar-refractivity contribution >= 4 is 38.6 Å². The van der Waals surface area contributed by atoms with E-state index in [0.29, 0.717) is 43.0 Å². The second kappa shape index (κ2) is 13.4. The molecule has 0 bridgehead atoms. The maximum atomic E-state index is 13.6. The molecule has 1 unspecified atom stereocenters. The first kappa shape index (κ1) is 30.8. The van der Waals surface area contributed by atoms with E-state index in [9.17, 15) is 13.2 Å². The summed E-state index contributed by atoms with van der Waals surface area (Å²) in [6, 6.07) is 26.1. The molecular weight excluding hydrogens is 609 g/mol. The Labute approximate surface area is 267 Å². The Morgan fingerprint density at radius 2 is 1.78 bits per heavy atom. The number of hydrogen-bond acceptors (Lipinski definition) is 8. The summed E-state index contributed by atoms with van der Waals surface area (Å²) >= 11 is 1.55. The molecule has 1 aliphatic heterocycles. The number of thioether (sulfide) groups is 1. The molecule has 1 aliphatic rings. The molecule has 0 aliphatic carbocycles. The molecule has 0 spiro atoms. The third-order valence-corrected chi connectivity index (χ3v) is 10.9. The van der Waals surface area contributed by atoms with Gasteiger partial charge >= 0.3 is 0 Å². The molecule has 232 valence electrons. The van der Waals surface area contributed by atoms with Crippen molar-refractivity contribution in [3.8, 4) is 22.8 Å². The lowest BCUT2D eigenvalue weighted by Gasteiger charge is -2.39. The number of aromatic nitrogens is 4. The highest BCUT2D eigenvalue weighted by atomic mass is 32.2. The van der Waals surface area contributed by atoms with E-state index < -0.39 is 10.0 Å². The SMILES string of the molecule is COc1cccc(-c2nnc(SCCCC(=O)N3CCN(S(=O)(=O)c4cccc5cccnc45)C(C)C3)n2-c2ccccc2)c1. The number of rotatable bonds is 10. The zero-order valence-corrected chi connectivity index (χ0v) is 26.7. The first-order valence-corrected chi connectivity index (χ1v) is 17.2. The Balaban J connectivity index is 1.08. The number of amides is 1. The molecule has 0 saturated carbocycles. The molecule has 10 nitrogen and oxygen atoms in total. The van der Waals surface area contributed by atoms with Crippen LogP contribution in [0.2, 0.25) is 0 Å². The predicted molar refractivity (Wildman–Crippen MR) is 175 cm³/mol. The van der Waals surface area contributed by atoms with Crippen LogP contribution in [0.25, 0.3) is 28.0 Å². The van der Waals surface area contributed by atoms with Gasteiger partial charge in [0.15, 0.2) is 11.0 Å². The summed E-state index contributed by atoms with van der Waals surface area (Å²) in [7, 11) is -2.15. The fraction of sp³-hybridized carbons (Fsp3) is 0.273. The fourth-order valence-corrected chi connectivity index (χ4v) is 8.27. The molecule has 6 rings (SSSR count). The van der Waals surface area contributed by atoms with Crippen molar-refractivity contribution in [1.29, 1.82) is 0 Å². The monoisotopic (exact) mass is 642 g/mol. The lowest BCUT2D eigenvalue weighted by Crippen LogP contribution is -2.55. The molecule has 1 amide bonds. The van der Waals surface area contributed by atoms with Crippen LogP contribution < -0.4 is 4.74 Å². The van der Waals surface area contributed by atoms with E-state index in [-0.39, 0.29) is 23.4 Å². The van der Waals surface area contributed by atoms with Gasteiger partial charge in [0.2, 0.25) is 15.9 Å². The fourth-order valence-electron chi connectivity index (χ4n) is 5.60. The van der Waals surface area contributed by atoms with Crippen molar-refractivity contribution in [2.24, 2.45) is 0 Å². The molecule has 1 fully saturated rings. The smallest absolute Gasteiger partial charge is 0.245 e. The zero-order chi connectivity index (χ0) is 31.4. The first-order valence-electron chi connectivity index (χ1n) is 14.8. The van der Waals surface area contributed by atoms with Gasteiger partial charge in [-0.05, 0) is 49.7 Å². The average molecular weight is 643 g/mol. The number of carbonyl (C=O) groups is 1. The van der Waals surface area contributed by atoms with E-state index in [1.54, 1.807) is 48.2 Å². The molecule has 45 heavy (non-hydrogen) atoms. The largest absolute Gasteiger partial charge is 0.497 e. The van der Waals surface area contributed by atoms with Crippen molar-refractivity contribution in [2.75, 3.05) is 32.5 Å². The number of nitrogens with zero attached hydrogens (tertiary/aromatic N) is 6. The normalized spacial score (nSPS) is 15.8. The van der Waals surface area contributed by atoms with Gasteiger partial charge in [-0.2, -0.15) is 4.31 Å². The molecule has 12 heteroatoms. The van der Waals surface area contributed by atoms with Crippen molar-refractivity contribution in [1.82, 2.24) is 29.0 Å². The molecule has 1 saturated heterocycles. The Hall–Kier alpha value is -4.26. The van der Waals surface area contributed by atoms with Gasteiger partial charge in [0.1, 0.15) is 10.6 Å². The van der Waals surface area contributed by atoms with Gasteiger partial charge in [0, 0.05) is 60.7 Å². The summed E-state index contributed by atoms with van der Waals surface area (Å²) in [6.07, 6.45) is 2.61. The van der Waals surface area contributed by atoms with Gasteiger partial charge in [-0.3, -0.25) is 14.3 Å². The Morgan fingerprint density at radius 3 is 2.58 bits per heavy atom. The predicted octanol–water partition coefficient (Wildman–Crippen LogP) is 5.29. The lowest BCUT2D eigenvalue weighted by molar-refractivity contribution is -0.133. The number of methoxy groups -OCH3 is 1. The number of piperazine rings is 1. The van der Waals surface area contributed by atoms with Gasteiger partial charge in [0.05, 0.1) is 12.6 Å². The standard InChI is InChI=1S/C33H34N6O4S2/c1-24-23-37(19-20-38(24)45(41,42)29-16-7-10-25-12-8-18-34-31(25)29)30(40)17-9-21-44-33-36-35-32(26-11-6-15-28(22-26)43-2)39(33)27-13-4-3-5-14-27/h3-8,10-16,18,22,24H,9,17,19-21,23H2,1-2H3. The molecule has 5 aromatic rings. The number of ether oxygens (including phenoxy) is 1. The van der Waals surface area contributed by atoms with Crippen LogP contribution >= 0.6 is 11.8 Å². The van der Waals surface area contributed by atoms with Crippen LogP contribution in [0, 0.1) is 0 Å². The summed E-state index contributed by atoms with van der Waals surface area (Å²) < 4.78 is 36.2. The minimum absolute atomic E-state index is 0.0212. The van der Waals surface area contributed by atoms with Gasteiger partial charge < -0.3 is 9.64 Å². The highest BCUT2D eigenvalue weighted by molar-refractivity contribution is 7.99. The van der Waals surface area contributed by atoms with Gasteiger partial charge in [-0.1, -0.05) is 60.3 Å². The van der Waals surface area contributed by atoms with E-state index in [2.05, 4.69) is 15.2 Å². The van der Waals surface area contributed by atoms with Gasteiger partial charge in [0.25, 0.3) is 0 Å². The second-order valence-electron chi connectivity index (χ2n) is 10.8. The summed E-state index contributed by atoms with van der Waals surface area (Å²) in [5.41, 5.74) is 2.29. The maximum Gasteiger partial charge on any atom is 0.245 e. The molecule has 3 aromatic carbocycles. The van der Waals surface area contributed by atoms with E-state index >= 15 is 0 Å². The van der Waals surface area contributed by atoms with E-state index in [1.807, 2.05) is 78.2 Å². The van der Waals surface area contributed by atoms with E-state index in [1.165, 1.54) is 4.31 Å². The third kappa shape index (κ3) is 6.44. The minimum atomic E-state index is -3.78. The van der Waals surface area contributed by atoms with E-state index in [0.717, 1.165) is 27.5 Å². The van der Waals surface area contributed by atoms with Crippen molar-refractivity contribution in [3.63, 3.8) is 0 Å². The molecule has 0 radical (unpaired) electrons. The van der Waals surface area contributed by atoms with Crippen LogP contribution in [-0.4, -0.2) is 81.8 Å². The van der Waals surface area contributed by atoms with Crippen molar-refractivity contribution < 1.29 is 17.9 Å². The van der Waals surface area contributed by atoms with Gasteiger partial charge in [-0.25, -0.2) is 8.42 Å². The van der Waals surface area contributed by atoms with Crippen LogP contribution in [0.4, 0.5) is 0 Å². The molecule has 2 aromatic heterocycles. The Bertz CT molecular complexity index is 1910. The second-order valence-corrected chi connectivity index (χ2v) is 13.7. The average Bonchev–Trinajstić information content (AvgIpc) is 3.50. The topological polar surface area (TPSA) is 111 Å². The lowest BCUT2D eigenvalue weighted by atomic mass is 10.2. The van der Waals surface area contributed by atoms with Crippen molar-refractivity contribution in [3.05, 3.63) is 91.1 Å².